The molecular formula is C19H28O4. The second-order valence-corrected chi connectivity index (χ2v) is 6.80. The number of ether oxygens (including phenoxy) is 2. The molecule has 0 aromatic rings. The normalized spacial score (nSPS) is 21.5. The SMILES string of the molecule is CC(=O)OCC=C(C)C=CC1=C(C)CC(OC(C)=O)CC1(C)C. The Hall–Kier alpha value is -1.84. The molecule has 1 atom stereocenters. The molecule has 0 aromatic carbocycles. The van der Waals surface area contributed by atoms with Gasteiger partial charge >= 0.3 is 11.9 Å². The minimum Gasteiger partial charge on any atom is -0.462 e. The molecule has 0 radical (unpaired) electrons. The van der Waals surface area contributed by atoms with Crippen molar-refractivity contribution in [2.45, 2.75) is 60.5 Å². The van der Waals surface area contributed by atoms with Crippen molar-refractivity contribution in [2.75, 3.05) is 6.61 Å². The van der Waals surface area contributed by atoms with Crippen molar-refractivity contribution in [2.24, 2.45) is 5.41 Å². The average Bonchev–Trinajstić information content (AvgIpc) is 2.35. The second kappa shape index (κ2) is 8.14. The van der Waals surface area contributed by atoms with Gasteiger partial charge in [-0.3, -0.25) is 9.59 Å². The highest BCUT2D eigenvalue weighted by atomic mass is 16.5. The van der Waals surface area contributed by atoms with E-state index in [9.17, 15) is 9.59 Å². The molecule has 23 heavy (non-hydrogen) atoms. The summed E-state index contributed by atoms with van der Waals surface area (Å²) in [5, 5.41) is 0. The molecule has 0 aromatic heterocycles. The van der Waals surface area contributed by atoms with Crippen LogP contribution in [-0.2, 0) is 19.1 Å². The maximum absolute atomic E-state index is 11.2. The molecule has 4 heteroatoms. The highest BCUT2D eigenvalue weighted by Gasteiger charge is 2.33. The van der Waals surface area contributed by atoms with E-state index in [0.717, 1.165) is 18.4 Å². The summed E-state index contributed by atoms with van der Waals surface area (Å²) in [6.07, 6.45) is 7.60. The Labute approximate surface area is 139 Å². The Kier molecular flexibility index (Phi) is 6.79. The van der Waals surface area contributed by atoms with Crippen LogP contribution < -0.4 is 0 Å². The molecule has 1 aliphatic rings. The van der Waals surface area contributed by atoms with Crippen LogP contribution in [-0.4, -0.2) is 24.6 Å². The molecule has 4 nitrogen and oxygen atoms in total. The molecule has 0 bridgehead atoms. The fourth-order valence-electron chi connectivity index (χ4n) is 3.04. The number of hydrogen-bond donors (Lipinski definition) is 0. The third kappa shape index (κ3) is 6.43. The molecule has 0 spiro atoms. The fraction of sp³-hybridized carbons (Fsp3) is 0.579. The zero-order valence-electron chi connectivity index (χ0n) is 15.1. The van der Waals surface area contributed by atoms with Crippen LogP contribution in [0.1, 0.15) is 54.4 Å². The van der Waals surface area contributed by atoms with Gasteiger partial charge in [0.25, 0.3) is 0 Å². The summed E-state index contributed by atoms with van der Waals surface area (Å²) in [5.74, 6) is -0.497. The Morgan fingerprint density at radius 2 is 1.87 bits per heavy atom. The summed E-state index contributed by atoms with van der Waals surface area (Å²) >= 11 is 0. The standard InChI is InChI=1S/C19H28O4/c1-13(9-10-22-15(3)20)7-8-18-14(2)11-17(23-16(4)21)12-19(18,5)6/h7-9,17H,10-12H2,1-6H3. The van der Waals surface area contributed by atoms with Gasteiger partial charge in [-0.1, -0.05) is 37.1 Å². The lowest BCUT2D eigenvalue weighted by Gasteiger charge is -2.37. The van der Waals surface area contributed by atoms with E-state index in [1.54, 1.807) is 0 Å². The monoisotopic (exact) mass is 320 g/mol. The van der Waals surface area contributed by atoms with E-state index in [1.807, 2.05) is 19.1 Å². The summed E-state index contributed by atoms with van der Waals surface area (Å²) in [6.45, 7) is 11.6. The van der Waals surface area contributed by atoms with Gasteiger partial charge < -0.3 is 9.47 Å². The predicted octanol–water partition coefficient (Wildman–Crippen LogP) is 4.12. The molecule has 1 rings (SSSR count). The molecule has 0 heterocycles. The van der Waals surface area contributed by atoms with Gasteiger partial charge in [0.1, 0.15) is 12.7 Å². The smallest absolute Gasteiger partial charge is 0.302 e. The third-order valence-electron chi connectivity index (χ3n) is 4.00. The molecule has 0 amide bonds. The van der Waals surface area contributed by atoms with Crippen LogP contribution in [0, 0.1) is 5.41 Å². The summed E-state index contributed by atoms with van der Waals surface area (Å²) in [7, 11) is 0. The molecule has 0 aliphatic heterocycles. The van der Waals surface area contributed by atoms with Crippen LogP contribution in [0.15, 0.2) is 34.9 Å². The van der Waals surface area contributed by atoms with Crippen molar-refractivity contribution in [1.29, 1.82) is 0 Å². The van der Waals surface area contributed by atoms with Gasteiger partial charge in [0.2, 0.25) is 0 Å². The lowest BCUT2D eigenvalue weighted by Crippen LogP contribution is -2.31. The van der Waals surface area contributed by atoms with Gasteiger partial charge in [0.05, 0.1) is 0 Å². The van der Waals surface area contributed by atoms with Gasteiger partial charge in [-0.15, -0.1) is 0 Å². The molecule has 1 aliphatic carbocycles. The molecule has 1 unspecified atom stereocenters. The first kappa shape index (κ1) is 19.2. The van der Waals surface area contributed by atoms with E-state index in [2.05, 4.69) is 26.8 Å². The predicted molar refractivity (Wildman–Crippen MR) is 90.8 cm³/mol. The van der Waals surface area contributed by atoms with Crippen molar-refractivity contribution < 1.29 is 19.1 Å². The molecule has 0 N–H and O–H groups in total. The van der Waals surface area contributed by atoms with Crippen molar-refractivity contribution >= 4 is 11.9 Å². The quantitative estimate of drug-likeness (QED) is 0.565. The lowest BCUT2D eigenvalue weighted by atomic mass is 9.71. The lowest BCUT2D eigenvalue weighted by molar-refractivity contribution is -0.147. The van der Waals surface area contributed by atoms with Gasteiger partial charge in [0, 0.05) is 20.3 Å². The maximum atomic E-state index is 11.2. The number of carbonyl (C=O) groups excluding carboxylic acids is 2. The van der Waals surface area contributed by atoms with E-state index < -0.39 is 0 Å². The van der Waals surface area contributed by atoms with Gasteiger partial charge in [0.15, 0.2) is 0 Å². The van der Waals surface area contributed by atoms with Gasteiger partial charge in [-0.05, 0) is 37.3 Å². The Balaban J connectivity index is 2.83. The van der Waals surface area contributed by atoms with E-state index in [4.69, 9.17) is 9.47 Å². The van der Waals surface area contributed by atoms with Crippen LogP contribution >= 0.6 is 0 Å². The van der Waals surface area contributed by atoms with E-state index in [1.165, 1.54) is 25.0 Å². The highest BCUT2D eigenvalue weighted by molar-refractivity contribution is 5.66. The summed E-state index contributed by atoms with van der Waals surface area (Å²) < 4.78 is 10.3. The van der Waals surface area contributed by atoms with E-state index in [0.29, 0.717) is 6.61 Å². The van der Waals surface area contributed by atoms with Crippen LogP contribution in [0.2, 0.25) is 0 Å². The van der Waals surface area contributed by atoms with Crippen LogP contribution in [0.5, 0.6) is 0 Å². The topological polar surface area (TPSA) is 52.6 Å². The van der Waals surface area contributed by atoms with Crippen LogP contribution in [0.25, 0.3) is 0 Å². The first-order valence-electron chi connectivity index (χ1n) is 7.97. The number of allylic oxidation sites excluding steroid dienone is 4. The molecule has 0 saturated heterocycles. The number of rotatable bonds is 5. The Morgan fingerprint density at radius 3 is 2.39 bits per heavy atom. The van der Waals surface area contributed by atoms with Gasteiger partial charge in [-0.25, -0.2) is 0 Å². The van der Waals surface area contributed by atoms with Crippen LogP contribution in [0.4, 0.5) is 0 Å². The Morgan fingerprint density at radius 1 is 1.22 bits per heavy atom. The molecule has 128 valence electrons. The fourth-order valence-corrected chi connectivity index (χ4v) is 3.04. The van der Waals surface area contributed by atoms with E-state index in [-0.39, 0.29) is 23.5 Å². The Bertz CT molecular complexity index is 550. The zero-order valence-corrected chi connectivity index (χ0v) is 15.1. The summed E-state index contributed by atoms with van der Waals surface area (Å²) in [5.41, 5.74) is 3.52. The first-order valence-corrected chi connectivity index (χ1v) is 7.97. The third-order valence-corrected chi connectivity index (χ3v) is 4.00. The largest absolute Gasteiger partial charge is 0.462 e. The van der Waals surface area contributed by atoms with Crippen molar-refractivity contribution in [3.8, 4) is 0 Å². The van der Waals surface area contributed by atoms with Crippen molar-refractivity contribution in [3.63, 3.8) is 0 Å². The van der Waals surface area contributed by atoms with Crippen molar-refractivity contribution in [3.05, 3.63) is 34.9 Å². The minimum atomic E-state index is -0.276. The number of esters is 2. The molecule has 0 saturated carbocycles. The number of hydrogen-bond acceptors (Lipinski definition) is 4. The van der Waals surface area contributed by atoms with Gasteiger partial charge in [-0.2, -0.15) is 0 Å². The highest BCUT2D eigenvalue weighted by Crippen LogP contribution is 2.42. The summed E-state index contributed by atoms with van der Waals surface area (Å²) in [6, 6.07) is 0. The average molecular weight is 320 g/mol. The minimum absolute atomic E-state index is 0.0414. The first-order chi connectivity index (χ1) is 10.6. The van der Waals surface area contributed by atoms with Crippen LogP contribution in [0.3, 0.4) is 0 Å². The second-order valence-electron chi connectivity index (χ2n) is 6.80. The zero-order chi connectivity index (χ0) is 17.6. The van der Waals surface area contributed by atoms with E-state index >= 15 is 0 Å². The molecular weight excluding hydrogens is 292 g/mol. The summed E-state index contributed by atoms with van der Waals surface area (Å²) in [4.78, 5) is 21.9. The van der Waals surface area contributed by atoms with Crippen molar-refractivity contribution in [1.82, 2.24) is 0 Å². The molecule has 0 fully saturated rings. The maximum Gasteiger partial charge on any atom is 0.302 e. The number of carbonyl (C=O) groups is 2.